The number of aromatic nitrogens is 5. The molecule has 0 aliphatic rings. The van der Waals surface area contributed by atoms with Crippen LogP contribution in [0.4, 0.5) is 16.3 Å². The average molecular weight is 333 g/mol. The molecule has 8 heteroatoms. The van der Waals surface area contributed by atoms with Gasteiger partial charge in [0.05, 0.1) is 23.9 Å². The van der Waals surface area contributed by atoms with Gasteiger partial charge in [-0.25, -0.2) is 4.79 Å². The fraction of sp³-hybridized carbons (Fsp3) is 0.0588. The highest BCUT2D eigenvalue weighted by Crippen LogP contribution is 2.17. The number of hydrogen-bond donors (Lipinski definition) is 3. The number of amides is 2. The number of hydrogen-bond acceptors (Lipinski definition) is 4. The molecule has 8 nitrogen and oxygen atoms in total. The van der Waals surface area contributed by atoms with Gasteiger partial charge in [-0.15, -0.1) is 0 Å². The number of carbonyl (C=O) groups excluding carboxylic acids is 1. The van der Waals surface area contributed by atoms with Crippen molar-refractivity contribution in [2.24, 2.45) is 0 Å². The van der Waals surface area contributed by atoms with Gasteiger partial charge in [0.2, 0.25) is 0 Å². The lowest BCUT2D eigenvalue weighted by Crippen LogP contribution is -2.19. The molecule has 0 unspecified atom stereocenters. The van der Waals surface area contributed by atoms with E-state index in [0.29, 0.717) is 18.1 Å². The molecule has 4 aromatic rings. The lowest BCUT2D eigenvalue weighted by atomic mass is 10.1. The van der Waals surface area contributed by atoms with E-state index in [0.717, 1.165) is 16.5 Å². The van der Waals surface area contributed by atoms with E-state index in [1.54, 1.807) is 23.1 Å². The summed E-state index contributed by atoms with van der Waals surface area (Å²) in [5.74, 6) is 0.467. The Bertz CT molecular complexity index is 1000. The smallest absolute Gasteiger partial charge is 0.305 e. The van der Waals surface area contributed by atoms with Crippen LogP contribution in [0.25, 0.3) is 10.9 Å². The van der Waals surface area contributed by atoms with Crippen LogP contribution < -0.4 is 10.6 Å². The van der Waals surface area contributed by atoms with Crippen LogP contribution >= 0.6 is 0 Å². The Morgan fingerprint density at radius 1 is 1.16 bits per heavy atom. The highest BCUT2D eigenvalue weighted by atomic mass is 16.2. The molecule has 0 spiro atoms. The minimum atomic E-state index is -0.376. The van der Waals surface area contributed by atoms with E-state index in [9.17, 15) is 4.79 Å². The third-order valence-electron chi connectivity index (χ3n) is 3.69. The number of H-pyrrole nitrogens is 1. The van der Waals surface area contributed by atoms with Crippen LogP contribution in [0.15, 0.2) is 61.2 Å². The summed E-state index contributed by atoms with van der Waals surface area (Å²) in [5, 5.41) is 17.2. The van der Waals surface area contributed by atoms with Crippen LogP contribution in [0.3, 0.4) is 0 Å². The number of nitrogens with zero attached hydrogens (tertiary/aromatic N) is 4. The van der Waals surface area contributed by atoms with Gasteiger partial charge in [-0.3, -0.25) is 20.1 Å². The molecule has 1 aromatic carbocycles. The summed E-state index contributed by atoms with van der Waals surface area (Å²) in [4.78, 5) is 16.3. The molecule has 124 valence electrons. The number of rotatable bonds is 4. The Balaban J connectivity index is 1.47. The molecule has 3 N–H and O–H groups in total. The number of anilines is 2. The van der Waals surface area contributed by atoms with Gasteiger partial charge >= 0.3 is 6.03 Å². The molecule has 2 amide bonds. The number of nitrogens with one attached hydrogen (secondary N) is 3. The molecule has 3 aromatic heterocycles. The van der Waals surface area contributed by atoms with Crippen molar-refractivity contribution < 1.29 is 4.79 Å². The lowest BCUT2D eigenvalue weighted by Gasteiger charge is -2.06. The fourth-order valence-electron chi connectivity index (χ4n) is 2.58. The van der Waals surface area contributed by atoms with Crippen molar-refractivity contribution in [3.05, 3.63) is 66.7 Å². The van der Waals surface area contributed by atoms with Gasteiger partial charge in [-0.2, -0.15) is 10.2 Å². The number of urea groups is 1. The zero-order chi connectivity index (χ0) is 17.1. The van der Waals surface area contributed by atoms with Crippen molar-refractivity contribution in [2.45, 2.75) is 6.54 Å². The molecule has 0 radical (unpaired) electrons. The highest BCUT2D eigenvalue weighted by Gasteiger charge is 2.07. The number of benzene rings is 1. The van der Waals surface area contributed by atoms with Crippen molar-refractivity contribution in [2.75, 3.05) is 10.6 Å². The van der Waals surface area contributed by atoms with E-state index in [2.05, 4.69) is 30.9 Å². The van der Waals surface area contributed by atoms with Gasteiger partial charge < -0.3 is 5.32 Å². The third-order valence-corrected chi connectivity index (χ3v) is 3.69. The molecular weight excluding hydrogens is 318 g/mol. The number of pyridine rings is 1. The van der Waals surface area contributed by atoms with Crippen LogP contribution in [0, 0.1) is 0 Å². The predicted octanol–water partition coefficient (Wildman–Crippen LogP) is 2.85. The standard InChI is InChI=1S/C17H15N7O/c25-17(21-14-9-19-20-10-14)22-15-6-8-24(23-15)11-13-4-1-3-12-5-2-7-18-16(12)13/h1-10H,11H2,(H,19,20)(H2,21,22,23,25). The van der Waals surface area contributed by atoms with Gasteiger partial charge in [0.1, 0.15) is 0 Å². The Labute approximate surface area is 142 Å². The minimum absolute atomic E-state index is 0.376. The van der Waals surface area contributed by atoms with Crippen molar-refractivity contribution in [3.8, 4) is 0 Å². The van der Waals surface area contributed by atoms with Crippen LogP contribution in [0.2, 0.25) is 0 Å². The zero-order valence-corrected chi connectivity index (χ0v) is 13.2. The van der Waals surface area contributed by atoms with E-state index >= 15 is 0 Å². The fourth-order valence-corrected chi connectivity index (χ4v) is 2.58. The summed E-state index contributed by atoms with van der Waals surface area (Å²) >= 11 is 0. The molecule has 4 rings (SSSR count). The van der Waals surface area contributed by atoms with Crippen molar-refractivity contribution in [1.29, 1.82) is 0 Å². The first-order chi connectivity index (χ1) is 12.3. The van der Waals surface area contributed by atoms with E-state index in [1.165, 1.54) is 6.20 Å². The Hall–Kier alpha value is -3.68. The molecule has 0 fully saturated rings. The maximum Gasteiger partial charge on any atom is 0.324 e. The van der Waals surface area contributed by atoms with Gasteiger partial charge in [-0.1, -0.05) is 24.3 Å². The van der Waals surface area contributed by atoms with Gasteiger partial charge in [0, 0.05) is 30.0 Å². The number of carbonyl (C=O) groups is 1. The quantitative estimate of drug-likeness (QED) is 0.534. The summed E-state index contributed by atoms with van der Waals surface area (Å²) in [7, 11) is 0. The number of aromatic amines is 1. The summed E-state index contributed by atoms with van der Waals surface area (Å²) < 4.78 is 1.76. The van der Waals surface area contributed by atoms with E-state index < -0.39 is 0 Å². The predicted molar refractivity (Wildman–Crippen MR) is 94.3 cm³/mol. The van der Waals surface area contributed by atoms with Crippen molar-refractivity contribution in [1.82, 2.24) is 25.0 Å². The van der Waals surface area contributed by atoms with Crippen molar-refractivity contribution in [3.63, 3.8) is 0 Å². The SMILES string of the molecule is O=C(Nc1cn[nH]c1)Nc1ccn(Cc2cccc3cccnc23)n1. The summed E-state index contributed by atoms with van der Waals surface area (Å²) in [6, 6.07) is 11.4. The van der Waals surface area contributed by atoms with Crippen LogP contribution in [0.5, 0.6) is 0 Å². The normalized spacial score (nSPS) is 10.7. The van der Waals surface area contributed by atoms with Crippen molar-refractivity contribution >= 4 is 28.4 Å². The first-order valence-corrected chi connectivity index (χ1v) is 7.71. The largest absolute Gasteiger partial charge is 0.324 e. The van der Waals surface area contributed by atoms with Gasteiger partial charge in [0.25, 0.3) is 0 Å². The second kappa shape index (κ2) is 6.44. The third kappa shape index (κ3) is 3.32. The molecule has 0 atom stereocenters. The maximum absolute atomic E-state index is 11.9. The first-order valence-electron chi connectivity index (χ1n) is 7.71. The maximum atomic E-state index is 11.9. The topological polar surface area (TPSA) is 101 Å². The van der Waals surface area contributed by atoms with Crippen LogP contribution in [-0.2, 0) is 6.54 Å². The number of fused-ring (bicyclic) bond motifs is 1. The molecule has 0 bridgehead atoms. The van der Waals surface area contributed by atoms with Crippen LogP contribution in [0.1, 0.15) is 5.56 Å². The molecular formula is C17H15N7O. The summed E-state index contributed by atoms with van der Waals surface area (Å²) in [5.41, 5.74) is 2.60. The summed E-state index contributed by atoms with van der Waals surface area (Å²) in [6.45, 7) is 0.569. The molecule has 0 aliphatic carbocycles. The molecule has 3 heterocycles. The second-order valence-electron chi connectivity index (χ2n) is 5.46. The molecule has 0 saturated carbocycles. The zero-order valence-electron chi connectivity index (χ0n) is 13.2. The molecule has 0 aliphatic heterocycles. The summed E-state index contributed by atoms with van der Waals surface area (Å²) in [6.07, 6.45) is 6.70. The molecule has 25 heavy (non-hydrogen) atoms. The van der Waals surface area contributed by atoms with Gasteiger partial charge in [0.15, 0.2) is 5.82 Å². The lowest BCUT2D eigenvalue weighted by molar-refractivity contribution is 0.262. The Kier molecular flexibility index (Phi) is 3.83. The monoisotopic (exact) mass is 333 g/mol. The number of para-hydroxylation sites is 1. The average Bonchev–Trinajstić information content (AvgIpc) is 3.27. The minimum Gasteiger partial charge on any atom is -0.305 e. The molecule has 0 saturated heterocycles. The first kappa shape index (κ1) is 14.9. The highest BCUT2D eigenvalue weighted by molar-refractivity contribution is 5.98. The van der Waals surface area contributed by atoms with Crippen LogP contribution in [-0.4, -0.2) is 31.0 Å². The van der Waals surface area contributed by atoms with E-state index in [-0.39, 0.29) is 6.03 Å². The second-order valence-corrected chi connectivity index (χ2v) is 5.46. The Morgan fingerprint density at radius 2 is 2.08 bits per heavy atom. The van der Waals surface area contributed by atoms with Gasteiger partial charge in [-0.05, 0) is 11.6 Å². The Morgan fingerprint density at radius 3 is 2.96 bits per heavy atom. The van der Waals surface area contributed by atoms with E-state index in [4.69, 9.17) is 0 Å². The van der Waals surface area contributed by atoms with E-state index in [1.807, 2.05) is 36.5 Å².